The maximum atomic E-state index is 13.9. The minimum atomic E-state index is -4.30. The fourth-order valence-corrected chi connectivity index (χ4v) is 1.86. The number of rotatable bonds is 5. The van der Waals surface area contributed by atoms with Crippen LogP contribution in [0.3, 0.4) is 0 Å². The van der Waals surface area contributed by atoms with Crippen LogP contribution in [0.5, 0.6) is 5.75 Å². The van der Waals surface area contributed by atoms with Gasteiger partial charge in [0.05, 0.1) is 5.56 Å². The zero-order valence-corrected chi connectivity index (χ0v) is 11.6. The number of aromatic hydroxyl groups is 1. The zero-order valence-electron chi connectivity index (χ0n) is 11.6. The van der Waals surface area contributed by atoms with Crippen LogP contribution in [0.4, 0.5) is 8.78 Å². The lowest BCUT2D eigenvalue weighted by Crippen LogP contribution is -2.38. The van der Waals surface area contributed by atoms with Crippen LogP contribution in [-0.2, 0) is 9.53 Å². The normalized spacial score (nSPS) is 12.4. The van der Waals surface area contributed by atoms with E-state index in [1.165, 1.54) is 48.5 Å². The topological polar surface area (TPSA) is 83.8 Å². The molecule has 0 saturated carbocycles. The van der Waals surface area contributed by atoms with Crippen molar-refractivity contribution in [2.24, 2.45) is 0 Å². The Hall–Kier alpha value is -2.96. The van der Waals surface area contributed by atoms with Crippen LogP contribution in [-0.4, -0.2) is 28.1 Å². The summed E-state index contributed by atoms with van der Waals surface area (Å²) < 4.78 is 32.6. The number of phenolic OH excluding ortho intramolecular Hbond substituents is 1. The molecule has 0 aliphatic rings. The number of hydrogen-bond donors (Lipinski definition) is 2. The fraction of sp³-hybridized carbons (Fsp3) is 0.125. The van der Waals surface area contributed by atoms with E-state index in [0.717, 1.165) is 0 Å². The van der Waals surface area contributed by atoms with Crippen molar-refractivity contribution < 1.29 is 33.3 Å². The number of phenols is 1. The number of esters is 1. The molecule has 0 aliphatic heterocycles. The smallest absolute Gasteiger partial charge is 0.382 e. The third kappa shape index (κ3) is 3.63. The first kappa shape index (κ1) is 16.4. The number of carbonyl (C=O) groups excluding carboxylic acids is 1. The van der Waals surface area contributed by atoms with Crippen molar-refractivity contribution in [1.29, 1.82) is 0 Å². The lowest BCUT2D eigenvalue weighted by Gasteiger charge is -2.24. The van der Waals surface area contributed by atoms with Crippen molar-refractivity contribution in [2.45, 2.75) is 12.0 Å². The van der Waals surface area contributed by atoms with E-state index in [1.807, 2.05) is 0 Å². The monoisotopic (exact) mass is 322 g/mol. The van der Waals surface area contributed by atoms with Gasteiger partial charge < -0.3 is 14.9 Å². The zero-order chi connectivity index (χ0) is 17.0. The number of alkyl halides is 2. The molecule has 0 spiro atoms. The summed E-state index contributed by atoms with van der Waals surface area (Å²) in [6.45, 7) is 0. The van der Waals surface area contributed by atoms with Gasteiger partial charge in [-0.25, -0.2) is 9.59 Å². The van der Waals surface area contributed by atoms with E-state index in [-0.39, 0.29) is 16.9 Å². The number of halogens is 2. The fourth-order valence-electron chi connectivity index (χ4n) is 1.86. The van der Waals surface area contributed by atoms with Gasteiger partial charge in [0.2, 0.25) is 6.10 Å². The molecule has 1 unspecified atom stereocenters. The molecule has 0 saturated heterocycles. The molecule has 120 valence electrons. The van der Waals surface area contributed by atoms with Crippen LogP contribution < -0.4 is 0 Å². The number of carboxylic acid groups (broad SMARTS) is 1. The first-order chi connectivity index (χ1) is 10.8. The maximum Gasteiger partial charge on any atom is 0.382 e. The Kier molecular flexibility index (Phi) is 4.59. The van der Waals surface area contributed by atoms with Gasteiger partial charge in [0.25, 0.3) is 0 Å². The van der Waals surface area contributed by atoms with Gasteiger partial charge in [-0.15, -0.1) is 0 Å². The molecule has 2 N–H and O–H groups in total. The molecule has 0 fully saturated rings. The number of hydrogen-bond acceptors (Lipinski definition) is 4. The van der Waals surface area contributed by atoms with E-state index in [1.54, 1.807) is 6.07 Å². The van der Waals surface area contributed by atoms with Gasteiger partial charge in [0, 0.05) is 0 Å². The molecular weight excluding hydrogens is 310 g/mol. The average Bonchev–Trinajstić information content (AvgIpc) is 2.53. The molecule has 7 heteroatoms. The molecule has 2 aromatic rings. The first-order valence-electron chi connectivity index (χ1n) is 6.48. The van der Waals surface area contributed by atoms with Crippen molar-refractivity contribution in [3.8, 4) is 5.75 Å². The molecule has 0 amide bonds. The van der Waals surface area contributed by atoms with Gasteiger partial charge in [-0.1, -0.05) is 30.3 Å². The summed E-state index contributed by atoms with van der Waals surface area (Å²) in [6, 6.07) is 11.6. The minimum Gasteiger partial charge on any atom is -0.508 e. The van der Waals surface area contributed by atoms with Gasteiger partial charge in [0.15, 0.2) is 0 Å². The minimum absolute atomic E-state index is 0.0927. The van der Waals surface area contributed by atoms with Crippen LogP contribution in [0, 0.1) is 0 Å². The molecule has 0 bridgehead atoms. The summed E-state index contributed by atoms with van der Waals surface area (Å²) in [5, 5.41) is 17.9. The molecule has 23 heavy (non-hydrogen) atoms. The molecule has 0 aromatic heterocycles. The number of carboxylic acids is 1. The number of aliphatic carboxylic acids is 1. The average molecular weight is 322 g/mol. The van der Waals surface area contributed by atoms with Crippen LogP contribution in [0.25, 0.3) is 0 Å². The molecule has 2 aromatic carbocycles. The molecule has 5 nitrogen and oxygen atoms in total. The third-order valence-corrected chi connectivity index (χ3v) is 3.04. The Balaban J connectivity index is 2.33. The summed E-state index contributed by atoms with van der Waals surface area (Å²) in [7, 11) is 0. The van der Waals surface area contributed by atoms with Crippen LogP contribution in [0.1, 0.15) is 22.0 Å². The predicted octanol–water partition coefficient (Wildman–Crippen LogP) is 3.01. The number of ether oxygens (including phenoxy) is 1. The largest absolute Gasteiger partial charge is 0.508 e. The maximum absolute atomic E-state index is 13.9. The second-order valence-corrected chi connectivity index (χ2v) is 4.67. The van der Waals surface area contributed by atoms with Gasteiger partial charge in [-0.05, 0) is 29.8 Å². The standard InChI is InChI=1S/C16H12F2O5/c17-16(18,15(21)22)13(10-4-2-1-3-5-10)23-14(20)11-6-8-12(19)9-7-11/h1-9,13,19H,(H,21,22). The van der Waals surface area contributed by atoms with Gasteiger partial charge in [-0.2, -0.15) is 8.78 Å². The lowest BCUT2D eigenvalue weighted by atomic mass is 10.0. The van der Waals surface area contributed by atoms with E-state index in [4.69, 9.17) is 14.9 Å². The molecule has 1 atom stereocenters. The molecule has 0 aliphatic carbocycles. The van der Waals surface area contributed by atoms with Crippen molar-refractivity contribution in [3.05, 3.63) is 65.7 Å². The van der Waals surface area contributed by atoms with Crippen molar-refractivity contribution in [2.75, 3.05) is 0 Å². The van der Waals surface area contributed by atoms with E-state index >= 15 is 0 Å². The summed E-state index contributed by atoms with van der Waals surface area (Å²) in [5.74, 6) is -7.94. The highest BCUT2D eigenvalue weighted by Gasteiger charge is 2.51. The van der Waals surface area contributed by atoms with Crippen molar-refractivity contribution in [1.82, 2.24) is 0 Å². The Morgan fingerprint density at radius 2 is 1.57 bits per heavy atom. The summed E-state index contributed by atoms with van der Waals surface area (Å²) in [5.41, 5.74) is -0.239. The van der Waals surface area contributed by atoms with E-state index in [0.29, 0.717) is 0 Å². The van der Waals surface area contributed by atoms with Gasteiger partial charge >= 0.3 is 17.9 Å². The number of carbonyl (C=O) groups is 2. The second-order valence-electron chi connectivity index (χ2n) is 4.67. The number of benzene rings is 2. The van der Waals surface area contributed by atoms with E-state index in [9.17, 15) is 18.4 Å². The molecular formula is C16H12F2O5. The second kappa shape index (κ2) is 6.43. The highest BCUT2D eigenvalue weighted by Crippen LogP contribution is 2.35. The highest BCUT2D eigenvalue weighted by molar-refractivity contribution is 5.90. The summed E-state index contributed by atoms with van der Waals surface area (Å²) in [4.78, 5) is 22.8. The predicted molar refractivity (Wildman–Crippen MR) is 75.3 cm³/mol. The van der Waals surface area contributed by atoms with Crippen LogP contribution in [0.2, 0.25) is 0 Å². The Morgan fingerprint density at radius 1 is 1.00 bits per heavy atom. The lowest BCUT2D eigenvalue weighted by molar-refractivity contribution is -0.183. The highest BCUT2D eigenvalue weighted by atomic mass is 19.3. The Morgan fingerprint density at radius 3 is 2.09 bits per heavy atom. The summed E-state index contributed by atoms with van der Waals surface area (Å²) in [6.07, 6.45) is -2.28. The van der Waals surface area contributed by atoms with Crippen molar-refractivity contribution >= 4 is 11.9 Å². The van der Waals surface area contributed by atoms with E-state index < -0.39 is 24.0 Å². The molecule has 0 heterocycles. The SMILES string of the molecule is O=C(OC(c1ccccc1)C(F)(F)C(=O)O)c1ccc(O)cc1. The molecule has 0 radical (unpaired) electrons. The van der Waals surface area contributed by atoms with Crippen LogP contribution in [0.15, 0.2) is 54.6 Å². The van der Waals surface area contributed by atoms with Gasteiger partial charge in [0.1, 0.15) is 5.75 Å². The Bertz CT molecular complexity index is 698. The first-order valence-corrected chi connectivity index (χ1v) is 6.48. The third-order valence-electron chi connectivity index (χ3n) is 3.04. The summed E-state index contributed by atoms with van der Waals surface area (Å²) >= 11 is 0. The van der Waals surface area contributed by atoms with Crippen LogP contribution >= 0.6 is 0 Å². The molecule has 2 rings (SSSR count). The Labute approximate surface area is 129 Å². The quantitative estimate of drug-likeness (QED) is 0.827. The van der Waals surface area contributed by atoms with E-state index in [2.05, 4.69) is 0 Å². The van der Waals surface area contributed by atoms with Gasteiger partial charge in [-0.3, -0.25) is 0 Å². The van der Waals surface area contributed by atoms with Crippen molar-refractivity contribution in [3.63, 3.8) is 0 Å².